The zero-order valence-corrected chi connectivity index (χ0v) is 17.5. The molecule has 0 aromatic heterocycles. The minimum absolute atomic E-state index is 0.200. The van der Waals surface area contributed by atoms with Crippen LogP contribution in [0, 0.1) is 17.8 Å². The molecule has 2 rings (SSSR count). The summed E-state index contributed by atoms with van der Waals surface area (Å²) in [5.41, 5.74) is 0. The normalized spacial score (nSPS) is 28.6. The predicted octanol–water partition coefficient (Wildman–Crippen LogP) is 2.81. The minimum atomic E-state index is -0.379. The summed E-state index contributed by atoms with van der Waals surface area (Å²) in [6.45, 7) is 14.3. The van der Waals surface area contributed by atoms with Gasteiger partial charge in [0.05, 0.1) is 12.1 Å². The maximum Gasteiger partial charge on any atom is 0.253 e. The van der Waals surface area contributed by atoms with Crippen molar-refractivity contribution in [3.8, 4) is 0 Å². The second-order valence-electron chi connectivity index (χ2n) is 8.83. The Morgan fingerprint density at radius 2 is 1.26 bits per heavy atom. The molecule has 0 aromatic carbocycles. The van der Waals surface area contributed by atoms with Crippen LogP contribution in [0.2, 0.25) is 0 Å². The van der Waals surface area contributed by atoms with Gasteiger partial charge in [-0.2, -0.15) is 0 Å². The number of rotatable bonds is 10. The molecule has 2 amide bonds. The average molecular weight is 382 g/mol. The van der Waals surface area contributed by atoms with Crippen molar-refractivity contribution in [1.29, 1.82) is 0 Å². The van der Waals surface area contributed by atoms with E-state index in [4.69, 9.17) is 14.2 Å². The van der Waals surface area contributed by atoms with Gasteiger partial charge in [-0.1, -0.05) is 41.5 Å². The fraction of sp³-hybridized carbons (Fsp3) is 0.810. The number of carbonyl (C=O) groups excluding carboxylic acids is 2. The van der Waals surface area contributed by atoms with E-state index in [2.05, 4.69) is 41.5 Å². The molecule has 0 bridgehead atoms. The van der Waals surface area contributed by atoms with Crippen LogP contribution >= 0.6 is 0 Å². The van der Waals surface area contributed by atoms with Gasteiger partial charge in [-0.25, -0.2) is 0 Å². The first-order valence-electron chi connectivity index (χ1n) is 10.1. The summed E-state index contributed by atoms with van der Waals surface area (Å²) in [5.74, 6) is 0.541. The van der Waals surface area contributed by atoms with Crippen molar-refractivity contribution in [1.82, 2.24) is 4.90 Å². The molecular weight excluding hydrogens is 346 g/mol. The molecule has 27 heavy (non-hydrogen) atoms. The molecule has 0 spiro atoms. The second-order valence-corrected chi connectivity index (χ2v) is 8.83. The molecule has 1 aliphatic carbocycles. The van der Waals surface area contributed by atoms with Gasteiger partial charge in [0, 0.05) is 32.0 Å². The van der Waals surface area contributed by atoms with Gasteiger partial charge in [0.15, 0.2) is 0 Å². The van der Waals surface area contributed by atoms with Gasteiger partial charge in [-0.3, -0.25) is 14.5 Å². The molecule has 1 saturated carbocycles. The van der Waals surface area contributed by atoms with Crippen molar-refractivity contribution in [2.24, 2.45) is 17.8 Å². The quantitative estimate of drug-likeness (QED) is 0.545. The maximum atomic E-state index is 12.3. The summed E-state index contributed by atoms with van der Waals surface area (Å²) in [5, 5.41) is 0. The first kappa shape index (κ1) is 22.1. The maximum absolute atomic E-state index is 12.3. The molecule has 1 aliphatic heterocycles. The van der Waals surface area contributed by atoms with Crippen LogP contribution in [-0.4, -0.2) is 60.9 Å². The Morgan fingerprint density at radius 3 is 1.74 bits per heavy atom. The Hall–Kier alpha value is -1.24. The van der Waals surface area contributed by atoms with Gasteiger partial charge < -0.3 is 14.2 Å². The molecule has 0 N–H and O–H groups in total. The summed E-state index contributed by atoms with van der Waals surface area (Å²) in [6, 6.07) is -0.368. The fourth-order valence-corrected chi connectivity index (χ4v) is 3.42. The Balaban J connectivity index is 2.23. The molecule has 0 saturated heterocycles. The Labute approximate surface area is 163 Å². The molecule has 0 radical (unpaired) electrons. The summed E-state index contributed by atoms with van der Waals surface area (Å²) in [7, 11) is 0. The van der Waals surface area contributed by atoms with Crippen LogP contribution in [0.5, 0.6) is 0 Å². The molecule has 1 heterocycles. The van der Waals surface area contributed by atoms with E-state index in [-0.39, 0.29) is 36.2 Å². The molecule has 2 aliphatic rings. The van der Waals surface area contributed by atoms with Gasteiger partial charge in [-0.15, -0.1) is 0 Å². The molecular formula is C21H35NO5. The summed E-state index contributed by atoms with van der Waals surface area (Å²) in [4.78, 5) is 25.9. The van der Waals surface area contributed by atoms with Crippen molar-refractivity contribution < 1.29 is 23.8 Å². The summed E-state index contributed by atoms with van der Waals surface area (Å²) >= 11 is 0. The largest absolute Gasteiger partial charge is 0.375 e. The third-order valence-corrected chi connectivity index (χ3v) is 4.61. The van der Waals surface area contributed by atoms with Crippen LogP contribution < -0.4 is 0 Å². The van der Waals surface area contributed by atoms with Crippen molar-refractivity contribution >= 4 is 11.8 Å². The van der Waals surface area contributed by atoms with E-state index in [9.17, 15) is 9.59 Å². The fourth-order valence-electron chi connectivity index (χ4n) is 3.42. The lowest BCUT2D eigenvalue weighted by atomic mass is 10.1. The SMILES string of the molecule is CC(C)CO[C@@H]1[C@@H](OCC(C)C)[C@@H](N2C(=O)C=CC2=O)C[C@@H]1OCC(C)C. The van der Waals surface area contributed by atoms with Crippen LogP contribution in [0.25, 0.3) is 0 Å². The smallest absolute Gasteiger partial charge is 0.253 e. The molecule has 6 heteroatoms. The van der Waals surface area contributed by atoms with Crippen LogP contribution in [0.3, 0.4) is 0 Å². The monoisotopic (exact) mass is 381 g/mol. The van der Waals surface area contributed by atoms with Gasteiger partial charge in [0.2, 0.25) is 0 Å². The van der Waals surface area contributed by atoms with E-state index in [1.807, 2.05) is 0 Å². The highest BCUT2D eigenvalue weighted by Crippen LogP contribution is 2.34. The van der Waals surface area contributed by atoms with Crippen LogP contribution in [0.4, 0.5) is 0 Å². The number of carbonyl (C=O) groups is 2. The van der Waals surface area contributed by atoms with E-state index in [1.54, 1.807) is 0 Å². The molecule has 0 unspecified atom stereocenters. The van der Waals surface area contributed by atoms with Crippen molar-refractivity contribution in [2.45, 2.75) is 72.3 Å². The zero-order valence-electron chi connectivity index (χ0n) is 17.5. The number of ether oxygens (including phenoxy) is 3. The summed E-state index contributed by atoms with van der Waals surface area (Å²) in [6.07, 6.45) is 2.32. The number of hydrogen-bond donors (Lipinski definition) is 0. The van der Waals surface area contributed by atoms with E-state index in [1.165, 1.54) is 17.1 Å². The highest BCUT2D eigenvalue weighted by molar-refractivity contribution is 6.13. The average Bonchev–Trinajstić information content (AvgIpc) is 3.08. The first-order chi connectivity index (χ1) is 12.7. The van der Waals surface area contributed by atoms with Crippen molar-refractivity contribution in [3.05, 3.63) is 12.2 Å². The number of hydrogen-bond acceptors (Lipinski definition) is 5. The van der Waals surface area contributed by atoms with E-state index < -0.39 is 0 Å². The molecule has 6 nitrogen and oxygen atoms in total. The molecule has 1 fully saturated rings. The zero-order chi connectivity index (χ0) is 20.1. The predicted molar refractivity (Wildman–Crippen MR) is 103 cm³/mol. The minimum Gasteiger partial charge on any atom is -0.375 e. The third kappa shape index (κ3) is 5.87. The van der Waals surface area contributed by atoms with Gasteiger partial charge in [0.25, 0.3) is 11.8 Å². The molecule has 4 atom stereocenters. The summed E-state index contributed by atoms with van der Waals surface area (Å²) < 4.78 is 18.5. The third-order valence-electron chi connectivity index (χ3n) is 4.61. The van der Waals surface area contributed by atoms with E-state index >= 15 is 0 Å². The van der Waals surface area contributed by atoms with Crippen LogP contribution in [0.1, 0.15) is 48.0 Å². The molecule has 0 aromatic rings. The first-order valence-corrected chi connectivity index (χ1v) is 10.1. The number of imide groups is 1. The Kier molecular flexibility index (Phi) is 8.01. The molecule has 154 valence electrons. The van der Waals surface area contributed by atoms with Crippen molar-refractivity contribution in [2.75, 3.05) is 19.8 Å². The van der Waals surface area contributed by atoms with Crippen LogP contribution in [0.15, 0.2) is 12.2 Å². The Morgan fingerprint density at radius 1 is 0.815 bits per heavy atom. The number of nitrogens with zero attached hydrogens (tertiary/aromatic N) is 1. The lowest BCUT2D eigenvalue weighted by Gasteiger charge is -2.31. The van der Waals surface area contributed by atoms with Gasteiger partial charge in [-0.05, 0) is 24.2 Å². The van der Waals surface area contributed by atoms with Crippen molar-refractivity contribution in [3.63, 3.8) is 0 Å². The Bertz CT molecular complexity index is 525. The van der Waals surface area contributed by atoms with Crippen LogP contribution in [-0.2, 0) is 23.8 Å². The second kappa shape index (κ2) is 9.80. The highest BCUT2D eigenvalue weighted by atomic mass is 16.6. The van der Waals surface area contributed by atoms with Gasteiger partial charge >= 0.3 is 0 Å². The van der Waals surface area contributed by atoms with Gasteiger partial charge in [0.1, 0.15) is 12.2 Å². The topological polar surface area (TPSA) is 65.1 Å². The highest BCUT2D eigenvalue weighted by Gasteiger charge is 2.51. The lowest BCUT2D eigenvalue weighted by molar-refractivity contribution is -0.148. The van der Waals surface area contributed by atoms with E-state index in [0.29, 0.717) is 44.0 Å². The lowest BCUT2D eigenvalue weighted by Crippen LogP contribution is -2.49. The van der Waals surface area contributed by atoms with E-state index in [0.717, 1.165) is 0 Å². The number of amides is 2. The standard InChI is InChI=1S/C21H35NO5/c1-13(2)10-25-17-9-16(22-18(23)7-8-19(22)24)20(26-11-14(3)4)21(17)27-12-15(5)6/h7-8,13-17,20-21H,9-12H2,1-6H3/t16-,17-,20-,21-/m0/s1.